The maximum absolute atomic E-state index is 12.5. The number of hydrogen-bond acceptors (Lipinski definition) is 3. The molecule has 0 radical (unpaired) electrons. The van der Waals surface area contributed by atoms with E-state index in [2.05, 4.69) is 22.1 Å². The van der Waals surface area contributed by atoms with Crippen molar-refractivity contribution in [1.29, 1.82) is 0 Å². The summed E-state index contributed by atoms with van der Waals surface area (Å²) in [7, 11) is -3.44. The van der Waals surface area contributed by atoms with Gasteiger partial charge in [-0.25, -0.2) is 13.4 Å². The number of hydrogen-bond donors (Lipinski definition) is 1. The number of aryl methyl sites for hydroxylation is 1. The summed E-state index contributed by atoms with van der Waals surface area (Å²) in [6, 6.07) is 10.1. The summed E-state index contributed by atoms with van der Waals surface area (Å²) < 4.78 is 26.5. The number of aromatic nitrogens is 2. The minimum absolute atomic E-state index is 0.184. The zero-order chi connectivity index (χ0) is 14.2. The molecule has 0 saturated carbocycles. The summed E-state index contributed by atoms with van der Waals surface area (Å²) in [5.41, 5.74) is 1.20. The van der Waals surface area contributed by atoms with Gasteiger partial charge in [-0.15, -0.1) is 0 Å². The molecule has 0 amide bonds. The van der Waals surface area contributed by atoms with Gasteiger partial charge in [0.15, 0.2) is 5.03 Å². The standard InChI is InChI=1S/C14H17N3O2S/c1-11-15-9-14(16-11)20(18,19)17-8-7-13(10-17)12-5-3-2-4-6-12/h2-6,9,13H,7-8,10H2,1H3,(H,15,16). The summed E-state index contributed by atoms with van der Waals surface area (Å²) in [4.78, 5) is 6.78. The highest BCUT2D eigenvalue weighted by atomic mass is 32.2. The summed E-state index contributed by atoms with van der Waals surface area (Å²) in [6.45, 7) is 2.83. The molecule has 2 heterocycles. The van der Waals surface area contributed by atoms with Gasteiger partial charge < -0.3 is 4.98 Å². The number of sulfonamides is 1. The van der Waals surface area contributed by atoms with Gasteiger partial charge in [-0.05, 0) is 24.8 Å². The fourth-order valence-corrected chi connectivity index (χ4v) is 4.08. The Morgan fingerprint density at radius 3 is 2.70 bits per heavy atom. The Morgan fingerprint density at radius 1 is 1.30 bits per heavy atom. The van der Waals surface area contributed by atoms with Gasteiger partial charge >= 0.3 is 0 Å². The lowest BCUT2D eigenvalue weighted by Gasteiger charge is -2.15. The van der Waals surface area contributed by atoms with Crippen molar-refractivity contribution in [2.24, 2.45) is 0 Å². The van der Waals surface area contributed by atoms with Crippen LogP contribution in [0.25, 0.3) is 0 Å². The summed E-state index contributed by atoms with van der Waals surface area (Å²) in [5, 5.41) is 0.184. The second-order valence-electron chi connectivity index (χ2n) is 5.09. The van der Waals surface area contributed by atoms with Gasteiger partial charge in [-0.1, -0.05) is 30.3 Å². The van der Waals surface area contributed by atoms with Crippen molar-refractivity contribution in [1.82, 2.24) is 14.3 Å². The fourth-order valence-electron chi connectivity index (χ4n) is 2.61. The molecule has 1 unspecified atom stereocenters. The van der Waals surface area contributed by atoms with Crippen LogP contribution in [-0.4, -0.2) is 35.8 Å². The second kappa shape index (κ2) is 5.03. The van der Waals surface area contributed by atoms with E-state index >= 15 is 0 Å². The maximum Gasteiger partial charge on any atom is 0.260 e. The zero-order valence-electron chi connectivity index (χ0n) is 11.3. The van der Waals surface area contributed by atoms with Gasteiger partial charge in [0.05, 0.1) is 6.20 Å². The lowest BCUT2D eigenvalue weighted by atomic mass is 9.99. The largest absolute Gasteiger partial charge is 0.332 e. The van der Waals surface area contributed by atoms with Gasteiger partial charge in [0.25, 0.3) is 10.0 Å². The van der Waals surface area contributed by atoms with Gasteiger partial charge in [-0.3, -0.25) is 0 Å². The first-order valence-corrected chi connectivity index (χ1v) is 8.08. The molecule has 0 aliphatic carbocycles. The number of imidazole rings is 1. The normalized spacial score (nSPS) is 20.4. The average Bonchev–Trinajstić information content (AvgIpc) is 3.09. The first kappa shape index (κ1) is 13.3. The van der Waals surface area contributed by atoms with E-state index in [4.69, 9.17) is 0 Å². The smallest absolute Gasteiger partial charge is 0.260 e. The molecule has 1 aromatic heterocycles. The molecule has 1 fully saturated rings. The van der Waals surface area contributed by atoms with Crippen LogP contribution in [0.4, 0.5) is 0 Å². The Kier molecular flexibility index (Phi) is 3.35. The molecule has 6 heteroatoms. The zero-order valence-corrected chi connectivity index (χ0v) is 12.1. The van der Waals surface area contributed by atoms with Crippen LogP contribution in [0.5, 0.6) is 0 Å². The highest BCUT2D eigenvalue weighted by Crippen LogP contribution is 2.30. The second-order valence-corrected chi connectivity index (χ2v) is 7.00. The Hall–Kier alpha value is -1.66. The van der Waals surface area contributed by atoms with Crippen LogP contribution in [0.1, 0.15) is 23.7 Å². The quantitative estimate of drug-likeness (QED) is 0.939. The highest BCUT2D eigenvalue weighted by molar-refractivity contribution is 7.89. The van der Waals surface area contributed by atoms with E-state index in [9.17, 15) is 8.42 Å². The topological polar surface area (TPSA) is 66.1 Å². The minimum atomic E-state index is -3.44. The number of benzene rings is 1. The van der Waals surface area contributed by atoms with Gasteiger partial charge in [0, 0.05) is 13.1 Å². The summed E-state index contributed by atoms with van der Waals surface area (Å²) in [5.74, 6) is 0.886. The first-order chi connectivity index (χ1) is 9.57. The van der Waals surface area contributed by atoms with Gasteiger partial charge in [0.2, 0.25) is 0 Å². The van der Waals surface area contributed by atoms with Gasteiger partial charge in [-0.2, -0.15) is 4.31 Å². The lowest BCUT2D eigenvalue weighted by Crippen LogP contribution is -2.29. The molecule has 2 aromatic rings. The van der Waals surface area contributed by atoms with Crippen molar-refractivity contribution in [3.05, 3.63) is 47.9 Å². The van der Waals surface area contributed by atoms with Gasteiger partial charge in [0.1, 0.15) is 5.82 Å². The molecule has 1 saturated heterocycles. The number of nitrogens with one attached hydrogen (secondary N) is 1. The van der Waals surface area contributed by atoms with E-state index in [1.165, 1.54) is 16.1 Å². The maximum atomic E-state index is 12.5. The fraction of sp³-hybridized carbons (Fsp3) is 0.357. The Bertz CT molecular complexity index is 694. The third-order valence-electron chi connectivity index (χ3n) is 3.72. The average molecular weight is 291 g/mol. The summed E-state index contributed by atoms with van der Waals surface area (Å²) >= 11 is 0. The monoisotopic (exact) mass is 291 g/mol. The van der Waals surface area contributed by atoms with Crippen molar-refractivity contribution in [3.63, 3.8) is 0 Å². The minimum Gasteiger partial charge on any atom is -0.332 e. The molecule has 20 heavy (non-hydrogen) atoms. The number of nitrogens with zero attached hydrogens (tertiary/aromatic N) is 2. The Balaban J connectivity index is 1.80. The third kappa shape index (κ3) is 2.36. The van der Waals surface area contributed by atoms with Crippen molar-refractivity contribution in [3.8, 4) is 0 Å². The molecule has 0 spiro atoms. The predicted octanol–water partition coefficient (Wildman–Crippen LogP) is 1.90. The van der Waals surface area contributed by atoms with E-state index in [0.717, 1.165) is 6.42 Å². The molecule has 1 aromatic carbocycles. The SMILES string of the molecule is Cc1ncc(S(=O)(=O)N2CCC(c3ccccc3)C2)[nH]1. The predicted molar refractivity (Wildman–Crippen MR) is 75.9 cm³/mol. The van der Waals surface area contributed by atoms with Crippen molar-refractivity contribution >= 4 is 10.0 Å². The Morgan fingerprint density at radius 2 is 2.05 bits per heavy atom. The van der Waals surface area contributed by atoms with Crippen molar-refractivity contribution in [2.45, 2.75) is 24.3 Å². The van der Waals surface area contributed by atoms with Crippen molar-refractivity contribution in [2.75, 3.05) is 13.1 Å². The molecule has 5 nitrogen and oxygen atoms in total. The number of rotatable bonds is 3. The van der Waals surface area contributed by atoms with Crippen molar-refractivity contribution < 1.29 is 8.42 Å². The van der Waals surface area contributed by atoms with Crippen LogP contribution >= 0.6 is 0 Å². The molecular weight excluding hydrogens is 274 g/mol. The molecule has 0 bridgehead atoms. The van der Waals surface area contributed by atoms with Crippen LogP contribution in [0, 0.1) is 6.92 Å². The number of H-pyrrole nitrogens is 1. The van der Waals surface area contributed by atoms with E-state index in [1.54, 1.807) is 6.92 Å². The molecule has 106 valence electrons. The lowest BCUT2D eigenvalue weighted by molar-refractivity contribution is 0.470. The molecular formula is C14H17N3O2S. The van der Waals surface area contributed by atoms with E-state index in [-0.39, 0.29) is 10.9 Å². The van der Waals surface area contributed by atoms with E-state index < -0.39 is 10.0 Å². The summed E-state index contributed by atoms with van der Waals surface area (Å²) in [6.07, 6.45) is 2.25. The molecule has 1 aliphatic rings. The number of aromatic amines is 1. The van der Waals surface area contributed by atoms with Crippen LogP contribution in [0.3, 0.4) is 0 Å². The molecule has 1 aliphatic heterocycles. The third-order valence-corrected chi connectivity index (χ3v) is 5.49. The first-order valence-electron chi connectivity index (χ1n) is 6.64. The molecule has 1 N–H and O–H groups in total. The van der Waals surface area contributed by atoms with E-state index in [1.807, 2.05) is 18.2 Å². The molecule has 3 rings (SSSR count). The van der Waals surface area contributed by atoms with Crippen LogP contribution in [0.15, 0.2) is 41.6 Å². The Labute approximate surface area is 118 Å². The van der Waals surface area contributed by atoms with Crippen LogP contribution < -0.4 is 0 Å². The van der Waals surface area contributed by atoms with E-state index in [0.29, 0.717) is 18.9 Å². The van der Waals surface area contributed by atoms with Crippen LogP contribution in [0.2, 0.25) is 0 Å². The van der Waals surface area contributed by atoms with Crippen LogP contribution in [-0.2, 0) is 10.0 Å². The molecule has 1 atom stereocenters. The highest BCUT2D eigenvalue weighted by Gasteiger charge is 2.34.